The van der Waals surface area contributed by atoms with Crippen LogP contribution in [0.3, 0.4) is 0 Å². The number of hydrogen-bond acceptors (Lipinski definition) is 6. The molecule has 1 N–H and O–H groups in total. The number of carbonyl (C=O) groups excluding carboxylic acids is 1. The summed E-state index contributed by atoms with van der Waals surface area (Å²) in [6.07, 6.45) is 4.81. The van der Waals surface area contributed by atoms with Crippen LogP contribution in [0.2, 0.25) is 0 Å². The third kappa shape index (κ3) is 5.67. The van der Waals surface area contributed by atoms with E-state index in [-0.39, 0.29) is 42.2 Å². The van der Waals surface area contributed by atoms with E-state index >= 15 is 0 Å². The number of aliphatic hydroxyl groups is 1. The normalized spacial score (nSPS) is 22.4. The lowest BCUT2D eigenvalue weighted by molar-refractivity contribution is 0.0563. The number of carbonyl (C=O) groups is 1. The Morgan fingerprint density at radius 2 is 2.11 bits per heavy atom. The summed E-state index contributed by atoms with van der Waals surface area (Å²) in [5.74, 6) is 6.46. The van der Waals surface area contributed by atoms with Crippen LogP contribution in [0, 0.1) is 23.7 Å². The predicted octanol–water partition coefficient (Wildman–Crippen LogP) is 2.38. The Labute approximate surface area is 207 Å². The largest absolute Gasteiger partial charge is 0.487 e. The fourth-order valence-corrected chi connectivity index (χ4v) is 5.82. The standard InChI is InChI=1S/C26H31N3O5S/c1-18-15-29(19(2)17-30)35(32,33)25-11-10-21(9-8-20-6-7-20)13-23(25)34-24(18)16-28(3)26(31)22-5-4-12-27-14-22/h4-5,10-14,18-20,24,30H,6-7,15-17H2,1-3H3/t18-,19-,24+/m1/s1. The molecule has 8 nitrogen and oxygen atoms in total. The van der Waals surface area contributed by atoms with Gasteiger partial charge in [-0.3, -0.25) is 9.78 Å². The van der Waals surface area contributed by atoms with Crippen molar-refractivity contribution in [1.29, 1.82) is 0 Å². The van der Waals surface area contributed by atoms with Crippen LogP contribution in [0.1, 0.15) is 42.6 Å². The highest BCUT2D eigenvalue weighted by molar-refractivity contribution is 7.89. The fraction of sp³-hybridized carbons (Fsp3) is 0.462. The van der Waals surface area contributed by atoms with Crippen molar-refractivity contribution < 1.29 is 23.1 Å². The van der Waals surface area contributed by atoms with E-state index in [0.717, 1.165) is 12.8 Å². The summed E-state index contributed by atoms with van der Waals surface area (Å²) in [7, 11) is -2.23. The second-order valence-electron chi connectivity index (χ2n) is 9.37. The maximum Gasteiger partial charge on any atom is 0.255 e. The van der Waals surface area contributed by atoms with E-state index in [2.05, 4.69) is 16.8 Å². The molecular weight excluding hydrogens is 466 g/mol. The summed E-state index contributed by atoms with van der Waals surface area (Å²) in [4.78, 5) is 18.5. The van der Waals surface area contributed by atoms with Gasteiger partial charge in [0.05, 0.1) is 18.7 Å². The van der Waals surface area contributed by atoms with Crippen LogP contribution in [0.4, 0.5) is 0 Å². The third-order valence-electron chi connectivity index (χ3n) is 6.37. The van der Waals surface area contributed by atoms with Gasteiger partial charge in [-0.05, 0) is 50.1 Å². The highest BCUT2D eigenvalue weighted by Gasteiger charge is 2.38. The molecule has 1 aromatic heterocycles. The van der Waals surface area contributed by atoms with Crippen molar-refractivity contribution in [3.63, 3.8) is 0 Å². The smallest absolute Gasteiger partial charge is 0.255 e. The van der Waals surface area contributed by atoms with Crippen molar-refractivity contribution in [3.05, 3.63) is 53.9 Å². The van der Waals surface area contributed by atoms with Crippen molar-refractivity contribution in [3.8, 4) is 17.6 Å². The Kier molecular flexibility index (Phi) is 7.45. The number of nitrogens with zero attached hydrogens (tertiary/aromatic N) is 3. The topological polar surface area (TPSA) is 100 Å². The molecular formula is C26H31N3O5S. The first kappa shape index (κ1) is 25.2. The number of ether oxygens (including phenoxy) is 1. The summed E-state index contributed by atoms with van der Waals surface area (Å²) in [5.41, 5.74) is 1.14. The third-order valence-corrected chi connectivity index (χ3v) is 8.39. The monoisotopic (exact) mass is 497 g/mol. The van der Waals surface area contributed by atoms with Crippen LogP contribution in [0.15, 0.2) is 47.6 Å². The molecule has 0 spiro atoms. The molecule has 0 saturated heterocycles. The first-order chi connectivity index (χ1) is 16.7. The van der Waals surface area contributed by atoms with Crippen LogP contribution in [0.25, 0.3) is 0 Å². The van der Waals surface area contributed by atoms with Gasteiger partial charge in [-0.2, -0.15) is 4.31 Å². The zero-order valence-electron chi connectivity index (χ0n) is 20.2. The minimum Gasteiger partial charge on any atom is -0.487 e. The SMILES string of the molecule is C[C@@H]1CN([C@H](C)CO)S(=O)(=O)c2ccc(C#CC3CC3)cc2O[C@H]1CN(C)C(=O)c1cccnc1. The van der Waals surface area contributed by atoms with E-state index in [1.807, 2.05) is 6.92 Å². The molecule has 2 aromatic rings. The molecule has 186 valence electrons. The van der Waals surface area contributed by atoms with Gasteiger partial charge >= 0.3 is 0 Å². The second-order valence-corrected chi connectivity index (χ2v) is 11.2. The highest BCUT2D eigenvalue weighted by Crippen LogP contribution is 2.34. The molecule has 1 fully saturated rings. The molecule has 1 aromatic carbocycles. The van der Waals surface area contributed by atoms with Crippen molar-refractivity contribution in [2.24, 2.45) is 11.8 Å². The molecule has 2 aliphatic rings. The van der Waals surface area contributed by atoms with E-state index in [1.54, 1.807) is 49.3 Å². The minimum atomic E-state index is -3.92. The number of sulfonamides is 1. The number of amides is 1. The summed E-state index contributed by atoms with van der Waals surface area (Å²) in [6.45, 7) is 3.65. The van der Waals surface area contributed by atoms with Crippen LogP contribution >= 0.6 is 0 Å². The average Bonchev–Trinajstić information content (AvgIpc) is 3.69. The van der Waals surface area contributed by atoms with Gasteiger partial charge in [-0.15, -0.1) is 0 Å². The van der Waals surface area contributed by atoms with Gasteiger partial charge in [0.25, 0.3) is 5.91 Å². The van der Waals surface area contributed by atoms with Gasteiger partial charge < -0.3 is 14.7 Å². The van der Waals surface area contributed by atoms with Crippen molar-refractivity contribution >= 4 is 15.9 Å². The molecule has 1 amide bonds. The maximum absolute atomic E-state index is 13.6. The summed E-state index contributed by atoms with van der Waals surface area (Å²) in [6, 6.07) is 7.67. The second kappa shape index (κ2) is 10.4. The molecule has 0 bridgehead atoms. The number of benzene rings is 1. The maximum atomic E-state index is 13.6. The van der Waals surface area contributed by atoms with Gasteiger partial charge in [-0.25, -0.2) is 8.42 Å². The van der Waals surface area contributed by atoms with Crippen LogP contribution in [-0.2, 0) is 10.0 Å². The van der Waals surface area contributed by atoms with Gasteiger partial charge in [0.15, 0.2) is 0 Å². The lowest BCUT2D eigenvalue weighted by Crippen LogP contribution is -2.50. The highest BCUT2D eigenvalue weighted by atomic mass is 32.2. The van der Waals surface area contributed by atoms with E-state index in [4.69, 9.17) is 4.74 Å². The lowest BCUT2D eigenvalue weighted by Gasteiger charge is -2.37. The van der Waals surface area contributed by atoms with Crippen LogP contribution in [0.5, 0.6) is 5.75 Å². The minimum absolute atomic E-state index is 0.0351. The van der Waals surface area contributed by atoms with Gasteiger partial charge in [0, 0.05) is 49.4 Å². The Bertz CT molecular complexity index is 1230. The van der Waals surface area contributed by atoms with Crippen molar-refractivity contribution in [1.82, 2.24) is 14.2 Å². The summed E-state index contributed by atoms with van der Waals surface area (Å²) < 4.78 is 34.8. The van der Waals surface area contributed by atoms with Gasteiger partial charge in [0.2, 0.25) is 10.0 Å². The molecule has 4 rings (SSSR count). The zero-order chi connectivity index (χ0) is 25.2. The first-order valence-electron chi connectivity index (χ1n) is 11.8. The average molecular weight is 498 g/mol. The zero-order valence-corrected chi connectivity index (χ0v) is 21.0. The van der Waals surface area contributed by atoms with Gasteiger partial charge in [0.1, 0.15) is 16.7 Å². The number of likely N-dealkylation sites (N-methyl/N-ethyl adjacent to an activating group) is 1. The Morgan fingerprint density at radius 1 is 1.34 bits per heavy atom. The Hall–Kier alpha value is -2.93. The quantitative estimate of drug-likeness (QED) is 0.637. The number of aromatic nitrogens is 1. The number of hydrogen-bond donors (Lipinski definition) is 1. The number of pyridine rings is 1. The van der Waals surface area contributed by atoms with Crippen molar-refractivity contribution in [2.45, 2.75) is 43.7 Å². The molecule has 2 heterocycles. The van der Waals surface area contributed by atoms with E-state index in [1.165, 1.54) is 16.6 Å². The van der Waals surface area contributed by atoms with Crippen LogP contribution in [-0.4, -0.2) is 72.5 Å². The van der Waals surface area contributed by atoms with E-state index in [9.17, 15) is 18.3 Å². The van der Waals surface area contributed by atoms with Crippen molar-refractivity contribution in [2.75, 3.05) is 26.7 Å². The molecule has 3 atom stereocenters. The lowest BCUT2D eigenvalue weighted by atomic mass is 10.0. The molecule has 1 saturated carbocycles. The molecule has 9 heteroatoms. The predicted molar refractivity (Wildman–Crippen MR) is 131 cm³/mol. The number of rotatable bonds is 5. The molecule has 1 aliphatic carbocycles. The summed E-state index contributed by atoms with van der Waals surface area (Å²) in [5, 5.41) is 9.78. The fourth-order valence-electron chi connectivity index (χ4n) is 4.00. The summed E-state index contributed by atoms with van der Waals surface area (Å²) >= 11 is 0. The Morgan fingerprint density at radius 3 is 2.77 bits per heavy atom. The molecule has 35 heavy (non-hydrogen) atoms. The van der Waals surface area contributed by atoms with Gasteiger partial charge in [-0.1, -0.05) is 18.8 Å². The van der Waals surface area contributed by atoms with Crippen LogP contribution < -0.4 is 4.74 Å². The van der Waals surface area contributed by atoms with E-state index < -0.39 is 22.2 Å². The number of aliphatic hydroxyl groups excluding tert-OH is 1. The molecule has 1 aliphatic heterocycles. The Balaban J connectivity index is 1.69. The molecule has 0 radical (unpaired) electrons. The van der Waals surface area contributed by atoms with E-state index in [0.29, 0.717) is 17.0 Å². The molecule has 0 unspecified atom stereocenters. The number of fused-ring (bicyclic) bond motifs is 1. The first-order valence-corrected chi connectivity index (χ1v) is 13.2.